The van der Waals surface area contributed by atoms with Gasteiger partial charge in [0.2, 0.25) is 10.0 Å². The highest BCUT2D eigenvalue weighted by Crippen LogP contribution is 2.46. The minimum atomic E-state index is -3.58. The Morgan fingerprint density at radius 2 is 1.66 bits per heavy atom. The standard InChI is InChI=1S/C24H27NO3S/c1-16(2)24-14-19-13-22(18-7-9-20(28-4)10-8-18)23(19)15-25(24)29(26,27)21-11-5-17(3)6-12-21/h5-12,14,16,24H,13,15H2,1-4H3/t24-/m1/s1. The molecule has 2 aliphatic rings. The lowest BCUT2D eigenvalue weighted by molar-refractivity contribution is 0.308. The molecule has 2 aromatic rings. The fourth-order valence-corrected chi connectivity index (χ4v) is 5.76. The van der Waals surface area contributed by atoms with E-state index >= 15 is 0 Å². The lowest BCUT2D eigenvalue weighted by Gasteiger charge is -2.42. The summed E-state index contributed by atoms with van der Waals surface area (Å²) in [7, 11) is -1.92. The zero-order valence-electron chi connectivity index (χ0n) is 17.3. The van der Waals surface area contributed by atoms with E-state index < -0.39 is 10.0 Å². The van der Waals surface area contributed by atoms with Gasteiger partial charge in [0.1, 0.15) is 5.75 Å². The summed E-state index contributed by atoms with van der Waals surface area (Å²) in [6.45, 7) is 6.55. The Balaban J connectivity index is 1.73. The fraction of sp³-hybridized carbons (Fsp3) is 0.333. The molecule has 0 aromatic heterocycles. The lowest BCUT2D eigenvalue weighted by Crippen LogP contribution is -2.47. The van der Waals surface area contributed by atoms with Gasteiger partial charge in [0.25, 0.3) is 0 Å². The van der Waals surface area contributed by atoms with Crippen LogP contribution in [0.2, 0.25) is 0 Å². The molecule has 152 valence electrons. The van der Waals surface area contributed by atoms with E-state index in [0.29, 0.717) is 11.4 Å². The van der Waals surface area contributed by atoms with Crippen LogP contribution in [0.1, 0.15) is 31.4 Å². The smallest absolute Gasteiger partial charge is 0.243 e. The van der Waals surface area contributed by atoms with Crippen LogP contribution in [-0.4, -0.2) is 32.4 Å². The Bertz CT molecular complexity index is 1080. The molecule has 0 unspecified atom stereocenters. The highest BCUT2D eigenvalue weighted by molar-refractivity contribution is 7.89. The third kappa shape index (κ3) is 3.53. The summed E-state index contributed by atoms with van der Waals surface area (Å²) in [5, 5.41) is 0. The van der Waals surface area contributed by atoms with Crippen LogP contribution in [0.4, 0.5) is 0 Å². The summed E-state index contributed by atoms with van der Waals surface area (Å²) in [5.41, 5.74) is 5.83. The average molecular weight is 410 g/mol. The molecule has 1 aliphatic heterocycles. The molecule has 1 atom stereocenters. The van der Waals surface area contributed by atoms with Crippen molar-refractivity contribution < 1.29 is 13.2 Å². The Morgan fingerprint density at radius 1 is 1.00 bits per heavy atom. The molecule has 1 heterocycles. The lowest BCUT2D eigenvalue weighted by atomic mass is 9.75. The molecular formula is C24H27NO3S. The van der Waals surface area contributed by atoms with Crippen molar-refractivity contribution in [3.8, 4) is 5.75 Å². The predicted molar refractivity (Wildman–Crippen MR) is 116 cm³/mol. The van der Waals surface area contributed by atoms with Crippen LogP contribution in [0.3, 0.4) is 0 Å². The Labute approximate surface area is 173 Å². The molecule has 2 aromatic carbocycles. The maximum absolute atomic E-state index is 13.5. The van der Waals surface area contributed by atoms with Gasteiger partial charge in [-0.2, -0.15) is 4.31 Å². The minimum absolute atomic E-state index is 0.127. The molecule has 0 N–H and O–H groups in total. The second-order valence-corrected chi connectivity index (χ2v) is 10.0. The Morgan fingerprint density at radius 3 is 2.24 bits per heavy atom. The number of ether oxygens (including phenoxy) is 1. The second kappa shape index (κ2) is 7.47. The Kier molecular flexibility index (Phi) is 5.13. The number of hydrogen-bond donors (Lipinski definition) is 0. The number of fused-ring (bicyclic) bond motifs is 1. The van der Waals surface area contributed by atoms with Crippen molar-refractivity contribution in [2.75, 3.05) is 13.7 Å². The van der Waals surface area contributed by atoms with Gasteiger partial charge >= 0.3 is 0 Å². The van der Waals surface area contributed by atoms with E-state index in [1.54, 1.807) is 23.5 Å². The van der Waals surface area contributed by atoms with Crippen LogP contribution in [0.5, 0.6) is 5.75 Å². The van der Waals surface area contributed by atoms with Crippen LogP contribution in [0, 0.1) is 12.8 Å². The van der Waals surface area contributed by atoms with Gasteiger partial charge in [0.05, 0.1) is 12.0 Å². The number of hydrogen-bond acceptors (Lipinski definition) is 3. The van der Waals surface area contributed by atoms with Gasteiger partial charge < -0.3 is 4.74 Å². The highest BCUT2D eigenvalue weighted by Gasteiger charge is 2.40. The van der Waals surface area contributed by atoms with Gasteiger partial charge in [0, 0.05) is 12.6 Å². The quantitative estimate of drug-likeness (QED) is 0.711. The van der Waals surface area contributed by atoms with Gasteiger partial charge in [-0.1, -0.05) is 49.8 Å². The van der Waals surface area contributed by atoms with Crippen molar-refractivity contribution >= 4 is 15.6 Å². The van der Waals surface area contributed by atoms with Crippen LogP contribution >= 0.6 is 0 Å². The van der Waals surface area contributed by atoms with E-state index in [-0.39, 0.29) is 12.0 Å². The molecule has 0 bridgehead atoms. The molecule has 4 rings (SSSR count). The number of methoxy groups -OCH3 is 1. The molecule has 0 spiro atoms. The second-order valence-electron chi connectivity index (χ2n) is 8.15. The van der Waals surface area contributed by atoms with Crippen molar-refractivity contribution in [1.82, 2.24) is 4.31 Å². The zero-order valence-corrected chi connectivity index (χ0v) is 18.2. The van der Waals surface area contributed by atoms with Crippen LogP contribution < -0.4 is 4.74 Å². The molecule has 5 heteroatoms. The average Bonchev–Trinajstić information content (AvgIpc) is 2.69. The van der Waals surface area contributed by atoms with Gasteiger partial charge in [-0.25, -0.2) is 8.42 Å². The van der Waals surface area contributed by atoms with Crippen LogP contribution in [0.25, 0.3) is 5.57 Å². The third-order valence-corrected chi connectivity index (χ3v) is 7.74. The maximum atomic E-state index is 13.5. The van der Waals surface area contributed by atoms with Crippen molar-refractivity contribution in [1.29, 1.82) is 0 Å². The number of sulfonamides is 1. The first-order chi connectivity index (χ1) is 13.8. The van der Waals surface area contributed by atoms with Gasteiger partial charge in [-0.3, -0.25) is 0 Å². The van der Waals surface area contributed by atoms with Crippen molar-refractivity contribution in [2.24, 2.45) is 5.92 Å². The molecule has 0 fully saturated rings. The normalized spacial score (nSPS) is 19.6. The summed E-state index contributed by atoms with van der Waals surface area (Å²) >= 11 is 0. The molecule has 0 radical (unpaired) electrons. The van der Waals surface area contributed by atoms with Crippen molar-refractivity contribution in [3.63, 3.8) is 0 Å². The third-order valence-electron chi connectivity index (χ3n) is 5.89. The first-order valence-corrected chi connectivity index (χ1v) is 11.4. The van der Waals surface area contributed by atoms with E-state index in [9.17, 15) is 8.42 Å². The highest BCUT2D eigenvalue weighted by atomic mass is 32.2. The van der Waals surface area contributed by atoms with Crippen LogP contribution in [-0.2, 0) is 10.0 Å². The minimum Gasteiger partial charge on any atom is -0.497 e. The maximum Gasteiger partial charge on any atom is 0.243 e. The number of nitrogens with zero attached hydrogens (tertiary/aromatic N) is 1. The molecule has 29 heavy (non-hydrogen) atoms. The predicted octanol–water partition coefficient (Wildman–Crippen LogP) is 4.82. The zero-order chi connectivity index (χ0) is 20.8. The van der Waals surface area contributed by atoms with Gasteiger partial charge in [-0.15, -0.1) is 0 Å². The first-order valence-electron chi connectivity index (χ1n) is 9.97. The van der Waals surface area contributed by atoms with E-state index in [1.807, 2.05) is 43.3 Å². The van der Waals surface area contributed by atoms with Crippen molar-refractivity contribution in [3.05, 3.63) is 76.9 Å². The summed E-state index contributed by atoms with van der Waals surface area (Å²) < 4.78 is 33.9. The largest absolute Gasteiger partial charge is 0.497 e. The van der Waals surface area contributed by atoms with E-state index in [0.717, 1.165) is 28.9 Å². The molecule has 4 nitrogen and oxygen atoms in total. The number of allylic oxidation sites excluding steroid dienone is 1. The molecule has 0 saturated carbocycles. The van der Waals surface area contributed by atoms with Crippen molar-refractivity contribution in [2.45, 2.75) is 38.1 Å². The number of rotatable bonds is 5. The van der Waals surface area contributed by atoms with Gasteiger partial charge in [-0.05, 0) is 65.8 Å². The summed E-state index contributed by atoms with van der Waals surface area (Å²) in [5.74, 6) is 1.02. The molecule has 1 aliphatic carbocycles. The summed E-state index contributed by atoms with van der Waals surface area (Å²) in [4.78, 5) is 0.358. The first kappa shape index (κ1) is 19.9. The summed E-state index contributed by atoms with van der Waals surface area (Å²) in [6, 6.07) is 15.0. The number of benzene rings is 2. The Hall–Kier alpha value is -2.37. The van der Waals surface area contributed by atoms with E-state index in [2.05, 4.69) is 19.9 Å². The SMILES string of the molecule is COc1ccc(C2=C3CN(S(=O)(=O)c4ccc(C)cc4)[C@@H](C(C)C)C=C3C2)cc1. The van der Waals surface area contributed by atoms with Gasteiger partial charge in [0.15, 0.2) is 0 Å². The molecule has 0 amide bonds. The monoisotopic (exact) mass is 409 g/mol. The fourth-order valence-electron chi connectivity index (χ4n) is 4.08. The number of aryl methyl sites for hydroxylation is 1. The van der Waals surface area contributed by atoms with E-state index in [4.69, 9.17) is 4.74 Å². The van der Waals surface area contributed by atoms with Crippen LogP contribution in [0.15, 0.2) is 70.6 Å². The van der Waals surface area contributed by atoms with E-state index in [1.165, 1.54) is 11.1 Å². The molecule has 0 saturated heterocycles. The topological polar surface area (TPSA) is 46.6 Å². The summed E-state index contributed by atoms with van der Waals surface area (Å²) in [6.07, 6.45) is 3.05. The molecular weight excluding hydrogens is 382 g/mol.